The number of carbonyl (C=O) groups is 3. The number of likely N-dealkylation sites (N-methyl/N-ethyl adjacent to an activating group) is 1. The zero-order chi connectivity index (χ0) is 40.7. The molecule has 322 valence electrons. The summed E-state index contributed by atoms with van der Waals surface area (Å²) in [6.45, 7) is 4.72. The minimum atomic E-state index is -0.874. The van der Waals surface area contributed by atoms with Gasteiger partial charge >= 0.3 is 17.9 Å². The fourth-order valence-corrected chi connectivity index (χ4v) is 6.77. The molecular weight excluding hydrogens is 691 g/mol. The van der Waals surface area contributed by atoms with Gasteiger partial charge < -0.3 is 23.8 Å². The number of rotatable bonds is 41. The maximum Gasteiger partial charge on any atom is 0.362 e. The van der Waals surface area contributed by atoms with Gasteiger partial charge in [-0.3, -0.25) is 9.59 Å². The molecular formula is C47H88NO7+. The Morgan fingerprint density at radius 1 is 0.545 bits per heavy atom. The number of hydrogen-bond donors (Lipinski definition) is 1. The second kappa shape index (κ2) is 38.7. The van der Waals surface area contributed by atoms with Crippen molar-refractivity contribution in [2.45, 2.75) is 219 Å². The lowest BCUT2D eigenvalue weighted by Gasteiger charge is -2.31. The molecule has 2 unspecified atom stereocenters. The van der Waals surface area contributed by atoms with Crippen molar-refractivity contribution in [3.05, 3.63) is 24.3 Å². The van der Waals surface area contributed by atoms with Gasteiger partial charge in [0, 0.05) is 19.3 Å². The average molecular weight is 779 g/mol. The number of carbonyl (C=O) groups excluding carboxylic acids is 2. The first kappa shape index (κ1) is 52.8. The first-order valence-corrected chi connectivity index (χ1v) is 22.9. The summed E-state index contributed by atoms with van der Waals surface area (Å²) < 4.78 is 17.3. The summed E-state index contributed by atoms with van der Waals surface area (Å²) >= 11 is 0. The van der Waals surface area contributed by atoms with Crippen LogP contribution in [0.3, 0.4) is 0 Å². The fraction of sp³-hybridized carbons (Fsp3) is 0.851. The van der Waals surface area contributed by atoms with E-state index in [2.05, 4.69) is 38.2 Å². The molecule has 0 saturated carbocycles. The number of esters is 2. The number of nitrogens with zero attached hydrogens (tertiary/aromatic N) is 1. The molecule has 0 amide bonds. The van der Waals surface area contributed by atoms with Crippen LogP contribution in [-0.2, 0) is 28.6 Å². The largest absolute Gasteiger partial charge is 0.477 e. The molecule has 0 rings (SSSR count). The summed E-state index contributed by atoms with van der Waals surface area (Å²) in [6.07, 6.45) is 42.1. The monoisotopic (exact) mass is 779 g/mol. The first-order chi connectivity index (χ1) is 26.6. The van der Waals surface area contributed by atoms with Crippen molar-refractivity contribution in [2.24, 2.45) is 0 Å². The number of aliphatic carboxylic acids is 1. The number of unbranched alkanes of at least 4 members (excludes halogenated alkanes) is 23. The van der Waals surface area contributed by atoms with Crippen LogP contribution in [0.1, 0.15) is 206 Å². The van der Waals surface area contributed by atoms with Crippen LogP contribution in [0.25, 0.3) is 0 Å². The van der Waals surface area contributed by atoms with Gasteiger partial charge in [0.15, 0.2) is 12.1 Å². The number of carboxylic acid groups (broad SMARTS) is 1. The maximum absolute atomic E-state index is 12.7. The second-order valence-electron chi connectivity index (χ2n) is 16.7. The smallest absolute Gasteiger partial charge is 0.362 e. The SMILES string of the molecule is CCCCC/C=C\C/C=C\CCCCCCCCCCCC(=O)OC(COCCC(C(=O)O)[N+](C)(C)C)COC(=O)CCCCCCCCCCCCCC. The van der Waals surface area contributed by atoms with Gasteiger partial charge in [0.25, 0.3) is 0 Å². The van der Waals surface area contributed by atoms with E-state index in [0.717, 1.165) is 44.9 Å². The zero-order valence-corrected chi connectivity index (χ0v) is 36.6. The lowest BCUT2D eigenvalue weighted by molar-refractivity contribution is -0.887. The Balaban J connectivity index is 4.29. The molecule has 8 nitrogen and oxygen atoms in total. The highest BCUT2D eigenvalue weighted by Crippen LogP contribution is 2.15. The number of carboxylic acids is 1. The molecule has 0 saturated heterocycles. The van der Waals surface area contributed by atoms with Gasteiger partial charge in [-0.1, -0.05) is 167 Å². The topological polar surface area (TPSA) is 99.1 Å². The van der Waals surface area contributed by atoms with Gasteiger partial charge in [-0.2, -0.15) is 0 Å². The van der Waals surface area contributed by atoms with Gasteiger partial charge in [0.05, 0.1) is 34.4 Å². The van der Waals surface area contributed by atoms with Crippen LogP contribution in [0, 0.1) is 0 Å². The Morgan fingerprint density at radius 3 is 1.44 bits per heavy atom. The molecule has 0 aromatic heterocycles. The summed E-state index contributed by atoms with van der Waals surface area (Å²) in [6, 6.07) is -0.612. The van der Waals surface area contributed by atoms with Crippen molar-refractivity contribution in [3.8, 4) is 0 Å². The highest BCUT2D eigenvalue weighted by atomic mass is 16.6. The molecule has 0 radical (unpaired) electrons. The standard InChI is InChI=1S/C47H87NO7/c1-6-8-10-12-14-16-18-20-21-22-23-24-25-26-28-30-32-34-36-38-46(50)55-43(41-53-40-39-44(47(51)52)48(3,4)5)42-54-45(49)37-35-33-31-29-27-19-17-15-13-11-9-7-2/h14,16,20-21,43-44H,6-13,15,17-19,22-42H2,1-5H3/p+1/b16-14-,21-20-. The molecule has 1 N–H and O–H groups in total. The first-order valence-electron chi connectivity index (χ1n) is 22.9. The Hall–Kier alpha value is -2.19. The molecule has 0 spiro atoms. The van der Waals surface area contributed by atoms with Crippen molar-refractivity contribution in [1.82, 2.24) is 0 Å². The Kier molecular flexibility index (Phi) is 37.1. The zero-order valence-electron chi connectivity index (χ0n) is 36.6. The quantitative estimate of drug-likeness (QED) is 0.0285. The van der Waals surface area contributed by atoms with Crippen molar-refractivity contribution in [2.75, 3.05) is 41.0 Å². The summed E-state index contributed by atoms with van der Waals surface area (Å²) in [5, 5.41) is 9.62. The molecule has 0 fully saturated rings. The highest BCUT2D eigenvalue weighted by Gasteiger charge is 2.31. The molecule has 0 bridgehead atoms. The molecule has 55 heavy (non-hydrogen) atoms. The van der Waals surface area contributed by atoms with Crippen LogP contribution in [0.4, 0.5) is 0 Å². The van der Waals surface area contributed by atoms with E-state index in [1.165, 1.54) is 128 Å². The summed E-state index contributed by atoms with van der Waals surface area (Å²) in [4.78, 5) is 37.0. The van der Waals surface area contributed by atoms with Crippen LogP contribution < -0.4 is 0 Å². The summed E-state index contributed by atoms with van der Waals surface area (Å²) in [5.74, 6) is -1.46. The van der Waals surface area contributed by atoms with Crippen molar-refractivity contribution >= 4 is 17.9 Å². The molecule has 0 aliphatic carbocycles. The second-order valence-corrected chi connectivity index (χ2v) is 16.7. The molecule has 0 aromatic carbocycles. The van der Waals surface area contributed by atoms with Crippen LogP contribution in [0.5, 0.6) is 0 Å². The third-order valence-corrected chi connectivity index (χ3v) is 10.4. The molecule has 8 heteroatoms. The van der Waals surface area contributed by atoms with Crippen LogP contribution in [0.2, 0.25) is 0 Å². The van der Waals surface area contributed by atoms with Crippen LogP contribution in [-0.4, -0.2) is 80.6 Å². The third-order valence-electron chi connectivity index (χ3n) is 10.4. The van der Waals surface area contributed by atoms with E-state index in [1.54, 1.807) is 0 Å². The number of allylic oxidation sites excluding steroid dienone is 4. The molecule has 0 aliphatic rings. The van der Waals surface area contributed by atoms with Crippen molar-refractivity contribution < 1.29 is 38.2 Å². The molecule has 0 aromatic rings. The number of ether oxygens (including phenoxy) is 3. The number of quaternary nitrogens is 1. The lowest BCUT2D eigenvalue weighted by atomic mass is 10.0. The van der Waals surface area contributed by atoms with Crippen LogP contribution in [0.15, 0.2) is 24.3 Å². The average Bonchev–Trinajstić information content (AvgIpc) is 3.14. The summed E-state index contributed by atoms with van der Waals surface area (Å²) in [5.41, 5.74) is 0. The Morgan fingerprint density at radius 2 is 0.964 bits per heavy atom. The van der Waals surface area contributed by atoms with E-state index in [1.807, 2.05) is 21.1 Å². The Labute approximate surface area is 339 Å². The maximum atomic E-state index is 12.7. The van der Waals surface area contributed by atoms with Gasteiger partial charge in [0.2, 0.25) is 0 Å². The van der Waals surface area contributed by atoms with Crippen molar-refractivity contribution in [1.29, 1.82) is 0 Å². The predicted octanol–water partition coefficient (Wildman–Crippen LogP) is 12.5. The predicted molar refractivity (Wildman–Crippen MR) is 229 cm³/mol. The van der Waals surface area contributed by atoms with Gasteiger partial charge in [0.1, 0.15) is 6.61 Å². The van der Waals surface area contributed by atoms with Gasteiger partial charge in [-0.25, -0.2) is 4.79 Å². The van der Waals surface area contributed by atoms with E-state index in [4.69, 9.17) is 14.2 Å². The van der Waals surface area contributed by atoms with E-state index < -0.39 is 18.1 Å². The summed E-state index contributed by atoms with van der Waals surface area (Å²) in [7, 11) is 5.53. The van der Waals surface area contributed by atoms with Crippen LogP contribution >= 0.6 is 0 Å². The molecule has 0 heterocycles. The van der Waals surface area contributed by atoms with E-state index in [-0.39, 0.29) is 36.2 Å². The molecule has 0 aliphatic heterocycles. The Bertz CT molecular complexity index is 957. The minimum absolute atomic E-state index is 0.0483. The van der Waals surface area contributed by atoms with Gasteiger partial charge in [-0.05, 0) is 44.9 Å². The highest BCUT2D eigenvalue weighted by molar-refractivity contribution is 5.72. The lowest BCUT2D eigenvalue weighted by Crippen LogP contribution is -2.50. The normalized spacial score (nSPS) is 13.1. The number of hydrogen-bond acceptors (Lipinski definition) is 6. The molecule has 2 atom stereocenters. The van der Waals surface area contributed by atoms with E-state index >= 15 is 0 Å². The van der Waals surface area contributed by atoms with Crippen molar-refractivity contribution in [3.63, 3.8) is 0 Å². The van der Waals surface area contributed by atoms with Gasteiger partial charge in [-0.15, -0.1) is 0 Å². The van der Waals surface area contributed by atoms with E-state index in [9.17, 15) is 19.5 Å². The minimum Gasteiger partial charge on any atom is -0.477 e. The third kappa shape index (κ3) is 37.2. The van der Waals surface area contributed by atoms with E-state index in [0.29, 0.717) is 19.3 Å². The fourth-order valence-electron chi connectivity index (χ4n) is 6.77.